The molecule has 0 amide bonds. The van der Waals surface area contributed by atoms with Crippen LogP contribution >= 0.6 is 0 Å². The van der Waals surface area contributed by atoms with Crippen molar-refractivity contribution in [3.63, 3.8) is 0 Å². The first kappa shape index (κ1) is 14.6. The monoisotopic (exact) mass is 317 g/mol. The summed E-state index contributed by atoms with van der Waals surface area (Å²) in [4.78, 5) is 4.28. The number of hydrogen-bond acceptors (Lipinski definition) is 6. The largest absolute Gasteiger partial charge is 0.360 e. The molecule has 1 aromatic carbocycles. The van der Waals surface area contributed by atoms with Gasteiger partial charge in [-0.1, -0.05) is 40.1 Å². The molecule has 3 aromatic rings. The van der Waals surface area contributed by atoms with Crippen LogP contribution in [0.5, 0.6) is 0 Å². The van der Waals surface area contributed by atoms with Crippen molar-refractivity contribution in [1.29, 1.82) is 0 Å². The van der Waals surface area contributed by atoms with Gasteiger partial charge in [0.05, 0.1) is 11.4 Å². The molecule has 0 N–H and O–H groups in total. The number of benzene rings is 1. The van der Waals surface area contributed by atoms with Crippen molar-refractivity contribution in [2.75, 3.05) is 0 Å². The van der Waals surface area contributed by atoms with Gasteiger partial charge in [0.15, 0.2) is 0 Å². The molecule has 114 valence electrons. The van der Waals surface area contributed by atoms with Crippen LogP contribution in [0.4, 0.5) is 0 Å². The first-order valence-electron chi connectivity index (χ1n) is 6.77. The SMILES string of the molecule is Cc1ccc(-c2noc(CS(=O)Cc3cc(C)no3)n2)cc1. The highest BCUT2D eigenvalue weighted by Gasteiger charge is 2.13. The Morgan fingerprint density at radius 3 is 2.50 bits per heavy atom. The Bertz CT molecular complexity index is 792. The van der Waals surface area contributed by atoms with Crippen molar-refractivity contribution in [3.8, 4) is 11.4 Å². The Kier molecular flexibility index (Phi) is 4.15. The number of hydrogen-bond donors (Lipinski definition) is 0. The normalized spacial score (nSPS) is 12.5. The van der Waals surface area contributed by atoms with Crippen LogP contribution in [-0.2, 0) is 22.3 Å². The standard InChI is InChI=1S/C15H15N3O3S/c1-10-3-5-12(6-4-10)15-16-14(21-18-15)9-22(19)8-13-7-11(2)17-20-13/h3-7H,8-9H2,1-2H3. The third-order valence-corrected chi connectivity index (χ3v) is 4.22. The summed E-state index contributed by atoms with van der Waals surface area (Å²) < 4.78 is 22.3. The molecule has 3 rings (SSSR count). The fourth-order valence-electron chi connectivity index (χ4n) is 1.97. The third kappa shape index (κ3) is 3.48. The van der Waals surface area contributed by atoms with E-state index in [9.17, 15) is 4.21 Å². The summed E-state index contributed by atoms with van der Waals surface area (Å²) in [6.45, 7) is 3.83. The van der Waals surface area contributed by atoms with Gasteiger partial charge in [-0.2, -0.15) is 4.98 Å². The minimum Gasteiger partial charge on any atom is -0.360 e. The molecule has 0 aliphatic heterocycles. The summed E-state index contributed by atoms with van der Waals surface area (Å²) >= 11 is 0. The molecule has 0 fully saturated rings. The lowest BCUT2D eigenvalue weighted by atomic mass is 10.1. The highest BCUT2D eigenvalue weighted by atomic mass is 32.2. The van der Waals surface area contributed by atoms with E-state index in [1.165, 1.54) is 0 Å². The number of aryl methyl sites for hydroxylation is 2. The molecule has 0 spiro atoms. The maximum absolute atomic E-state index is 12.1. The lowest BCUT2D eigenvalue weighted by Gasteiger charge is -1.95. The molecule has 1 unspecified atom stereocenters. The highest BCUT2D eigenvalue weighted by molar-refractivity contribution is 7.83. The van der Waals surface area contributed by atoms with Crippen molar-refractivity contribution < 1.29 is 13.3 Å². The van der Waals surface area contributed by atoms with Crippen LogP contribution < -0.4 is 0 Å². The van der Waals surface area contributed by atoms with Crippen molar-refractivity contribution in [1.82, 2.24) is 15.3 Å². The first-order chi connectivity index (χ1) is 10.6. The van der Waals surface area contributed by atoms with Crippen LogP contribution in [0.1, 0.15) is 22.9 Å². The Labute approximate surface area is 130 Å². The van der Waals surface area contributed by atoms with E-state index in [4.69, 9.17) is 9.05 Å². The average Bonchev–Trinajstić information content (AvgIpc) is 3.09. The van der Waals surface area contributed by atoms with Gasteiger partial charge >= 0.3 is 0 Å². The van der Waals surface area contributed by atoms with E-state index in [0.717, 1.165) is 16.8 Å². The molecule has 1 atom stereocenters. The van der Waals surface area contributed by atoms with Gasteiger partial charge in [-0.25, -0.2) is 0 Å². The van der Waals surface area contributed by atoms with Gasteiger partial charge in [-0.15, -0.1) is 0 Å². The number of rotatable bonds is 5. The third-order valence-electron chi connectivity index (χ3n) is 3.04. The summed E-state index contributed by atoms with van der Waals surface area (Å²) in [7, 11) is -1.19. The highest BCUT2D eigenvalue weighted by Crippen LogP contribution is 2.17. The van der Waals surface area contributed by atoms with Gasteiger partial charge in [0.2, 0.25) is 11.7 Å². The Morgan fingerprint density at radius 1 is 1.05 bits per heavy atom. The Morgan fingerprint density at radius 2 is 1.82 bits per heavy atom. The summed E-state index contributed by atoms with van der Waals surface area (Å²) in [5, 5.41) is 7.69. The van der Waals surface area contributed by atoms with Crippen molar-refractivity contribution in [3.05, 3.63) is 53.2 Å². The van der Waals surface area contributed by atoms with Gasteiger partial charge in [0.25, 0.3) is 0 Å². The van der Waals surface area contributed by atoms with Gasteiger partial charge in [0, 0.05) is 22.4 Å². The molecule has 0 aliphatic rings. The molecule has 2 aromatic heterocycles. The van der Waals surface area contributed by atoms with Crippen molar-refractivity contribution in [2.45, 2.75) is 25.4 Å². The second-order valence-electron chi connectivity index (χ2n) is 5.04. The lowest BCUT2D eigenvalue weighted by molar-refractivity contribution is 0.386. The van der Waals surface area contributed by atoms with Gasteiger partial charge in [-0.05, 0) is 13.8 Å². The maximum atomic E-state index is 12.1. The van der Waals surface area contributed by atoms with E-state index < -0.39 is 10.8 Å². The van der Waals surface area contributed by atoms with E-state index in [1.54, 1.807) is 6.07 Å². The minimum absolute atomic E-state index is 0.193. The summed E-state index contributed by atoms with van der Waals surface area (Å²) in [5.74, 6) is 1.92. The van der Waals surface area contributed by atoms with E-state index in [0.29, 0.717) is 17.5 Å². The van der Waals surface area contributed by atoms with Crippen molar-refractivity contribution >= 4 is 10.8 Å². The minimum atomic E-state index is -1.19. The average molecular weight is 317 g/mol. The van der Waals surface area contributed by atoms with Crippen molar-refractivity contribution in [2.24, 2.45) is 0 Å². The van der Waals surface area contributed by atoms with Crippen LogP contribution in [0.15, 0.2) is 39.4 Å². The van der Waals surface area contributed by atoms with Crippen LogP contribution in [0.3, 0.4) is 0 Å². The molecule has 0 saturated carbocycles. The predicted octanol–water partition coefficient (Wildman–Crippen LogP) is 2.79. The zero-order chi connectivity index (χ0) is 15.5. The maximum Gasteiger partial charge on any atom is 0.239 e. The Hall–Kier alpha value is -2.28. The van der Waals surface area contributed by atoms with Crippen LogP contribution in [-0.4, -0.2) is 19.5 Å². The fourth-order valence-corrected chi connectivity index (χ4v) is 2.91. The van der Waals surface area contributed by atoms with Crippen LogP contribution in [0.25, 0.3) is 11.4 Å². The van der Waals surface area contributed by atoms with Crippen LogP contribution in [0, 0.1) is 13.8 Å². The molecule has 0 radical (unpaired) electrons. The fraction of sp³-hybridized carbons (Fsp3) is 0.267. The molecule has 0 saturated heterocycles. The molecule has 6 nitrogen and oxygen atoms in total. The Balaban J connectivity index is 1.66. The molecule has 2 heterocycles. The molecule has 0 bridgehead atoms. The van der Waals surface area contributed by atoms with Gasteiger partial charge in [-0.3, -0.25) is 4.21 Å². The predicted molar refractivity (Wildman–Crippen MR) is 81.3 cm³/mol. The molecule has 0 aliphatic carbocycles. The second kappa shape index (κ2) is 6.23. The number of nitrogens with zero attached hydrogens (tertiary/aromatic N) is 3. The lowest BCUT2D eigenvalue weighted by Crippen LogP contribution is -1.99. The van der Waals surface area contributed by atoms with Gasteiger partial charge in [0.1, 0.15) is 11.5 Å². The molecular weight excluding hydrogens is 302 g/mol. The smallest absolute Gasteiger partial charge is 0.239 e. The second-order valence-corrected chi connectivity index (χ2v) is 6.50. The zero-order valence-electron chi connectivity index (χ0n) is 12.3. The van der Waals surface area contributed by atoms with Gasteiger partial charge < -0.3 is 9.05 Å². The van der Waals surface area contributed by atoms with E-state index in [1.807, 2.05) is 38.1 Å². The topological polar surface area (TPSA) is 82.0 Å². The van der Waals surface area contributed by atoms with E-state index in [2.05, 4.69) is 15.3 Å². The summed E-state index contributed by atoms with van der Waals surface area (Å²) in [6.07, 6.45) is 0. The zero-order valence-corrected chi connectivity index (χ0v) is 13.1. The summed E-state index contributed by atoms with van der Waals surface area (Å²) in [6, 6.07) is 9.59. The molecular formula is C15H15N3O3S. The van der Waals surface area contributed by atoms with E-state index in [-0.39, 0.29) is 11.5 Å². The number of aromatic nitrogens is 3. The molecule has 22 heavy (non-hydrogen) atoms. The quantitative estimate of drug-likeness (QED) is 0.719. The van der Waals surface area contributed by atoms with E-state index >= 15 is 0 Å². The summed E-state index contributed by atoms with van der Waals surface area (Å²) in [5.41, 5.74) is 2.81. The van der Waals surface area contributed by atoms with Crippen LogP contribution in [0.2, 0.25) is 0 Å². The molecule has 7 heteroatoms. The first-order valence-corrected chi connectivity index (χ1v) is 8.26.